The van der Waals surface area contributed by atoms with E-state index in [2.05, 4.69) is 24.5 Å². The monoisotopic (exact) mass is 829 g/mol. The second kappa shape index (κ2) is 32.6. The van der Waals surface area contributed by atoms with Gasteiger partial charge in [-0.2, -0.15) is 0 Å². The maximum Gasteiger partial charge on any atom is 0.328 e. The van der Waals surface area contributed by atoms with Crippen molar-refractivity contribution >= 4 is 23.8 Å². The molecule has 4 aliphatic carbocycles. The van der Waals surface area contributed by atoms with Gasteiger partial charge in [0.2, 0.25) is 11.8 Å². The number of carbonyl (C=O) groups excluding carboxylic acids is 4. The average molecular weight is 829 g/mol. The minimum atomic E-state index is -0.956. The molecule has 0 heterocycles. The summed E-state index contributed by atoms with van der Waals surface area (Å²) in [4.78, 5) is 52.0. The molecule has 1 atom stereocenters. The highest BCUT2D eigenvalue weighted by Crippen LogP contribution is 2.61. The first-order valence-electron chi connectivity index (χ1n) is 25.7. The normalized spacial score (nSPS) is 21.0. The van der Waals surface area contributed by atoms with E-state index in [-0.39, 0.29) is 36.7 Å². The van der Waals surface area contributed by atoms with Gasteiger partial charge in [-0.3, -0.25) is 14.4 Å². The molecule has 0 radical (unpaired) electrons. The van der Waals surface area contributed by atoms with E-state index in [0.717, 1.165) is 75.5 Å². The second-order valence-electron chi connectivity index (χ2n) is 19.6. The van der Waals surface area contributed by atoms with Gasteiger partial charge in [0.25, 0.3) is 0 Å². The Morgan fingerprint density at radius 3 is 1.29 bits per heavy atom. The quantitative estimate of drug-likeness (QED) is 0.0471. The lowest BCUT2D eigenvalue weighted by Gasteiger charge is -2.56. The molecule has 4 bridgehead atoms. The lowest BCUT2D eigenvalue weighted by Crippen LogP contribution is -2.49. The summed E-state index contributed by atoms with van der Waals surface area (Å²) in [5.41, 5.74) is 0.0991. The van der Waals surface area contributed by atoms with Crippen LogP contribution in [-0.2, 0) is 28.7 Å². The number of unbranched alkanes of at least 4 members (excludes halogenated alkanes) is 26. The summed E-state index contributed by atoms with van der Waals surface area (Å²) in [7, 11) is 0. The molecule has 4 aliphatic rings. The van der Waals surface area contributed by atoms with Crippen molar-refractivity contribution in [2.24, 2.45) is 23.2 Å². The van der Waals surface area contributed by atoms with E-state index >= 15 is 0 Å². The molecule has 342 valence electrons. The first kappa shape index (κ1) is 51.2. The van der Waals surface area contributed by atoms with Gasteiger partial charge in [-0.25, -0.2) is 4.79 Å². The van der Waals surface area contributed by atoms with Crippen LogP contribution in [0.3, 0.4) is 0 Å². The largest absolute Gasteiger partial charge is 0.466 e. The Morgan fingerprint density at radius 2 is 0.881 bits per heavy atom. The lowest BCUT2D eigenvalue weighted by molar-refractivity contribution is -0.149. The predicted molar refractivity (Wildman–Crippen MR) is 242 cm³/mol. The zero-order chi connectivity index (χ0) is 42.2. The summed E-state index contributed by atoms with van der Waals surface area (Å²) in [5, 5.41) is 5.62. The van der Waals surface area contributed by atoms with E-state index in [1.54, 1.807) is 0 Å². The Morgan fingerprint density at radius 1 is 0.508 bits per heavy atom. The van der Waals surface area contributed by atoms with Crippen molar-refractivity contribution in [2.75, 3.05) is 19.8 Å². The van der Waals surface area contributed by atoms with E-state index in [1.165, 1.54) is 161 Å². The number of ether oxygens (including phenoxy) is 2. The Bertz CT molecular complexity index is 1090. The van der Waals surface area contributed by atoms with Gasteiger partial charge in [-0.05, 0) is 81.0 Å². The van der Waals surface area contributed by atoms with Crippen molar-refractivity contribution in [2.45, 2.75) is 257 Å². The number of hydrogen-bond donors (Lipinski definition) is 2. The summed E-state index contributed by atoms with van der Waals surface area (Å²) in [6.45, 7) is 5.03. The summed E-state index contributed by atoms with van der Waals surface area (Å²) >= 11 is 0. The van der Waals surface area contributed by atoms with Gasteiger partial charge in [0.1, 0.15) is 6.04 Å². The van der Waals surface area contributed by atoms with Crippen molar-refractivity contribution in [3.8, 4) is 0 Å². The molecule has 4 rings (SSSR count). The molecule has 0 saturated heterocycles. The van der Waals surface area contributed by atoms with E-state index in [9.17, 15) is 19.2 Å². The summed E-state index contributed by atoms with van der Waals surface area (Å²) in [5.74, 6) is 0.901. The minimum Gasteiger partial charge on any atom is -0.466 e. The molecular weight excluding hydrogens is 737 g/mol. The van der Waals surface area contributed by atoms with Gasteiger partial charge in [-0.15, -0.1) is 0 Å². The third-order valence-corrected chi connectivity index (χ3v) is 13.9. The van der Waals surface area contributed by atoms with Crippen molar-refractivity contribution in [3.05, 3.63) is 0 Å². The van der Waals surface area contributed by atoms with Crippen molar-refractivity contribution in [1.29, 1.82) is 0 Å². The molecule has 2 amide bonds. The molecule has 2 N–H and O–H groups in total. The van der Waals surface area contributed by atoms with Gasteiger partial charge in [0.15, 0.2) is 0 Å². The first-order valence-corrected chi connectivity index (χ1v) is 25.7. The first-order chi connectivity index (χ1) is 28.8. The van der Waals surface area contributed by atoms with E-state index in [1.807, 2.05) is 0 Å². The Labute approximate surface area is 362 Å². The van der Waals surface area contributed by atoms with Crippen LogP contribution in [0.1, 0.15) is 251 Å². The number of amides is 2. The third kappa shape index (κ3) is 24.2. The van der Waals surface area contributed by atoms with Crippen molar-refractivity contribution in [3.63, 3.8) is 0 Å². The van der Waals surface area contributed by atoms with Crippen LogP contribution in [0.5, 0.6) is 0 Å². The van der Waals surface area contributed by atoms with Crippen LogP contribution in [0.4, 0.5) is 0 Å². The molecule has 8 nitrogen and oxygen atoms in total. The van der Waals surface area contributed by atoms with Crippen LogP contribution in [-0.4, -0.2) is 49.6 Å². The molecule has 8 heteroatoms. The van der Waals surface area contributed by atoms with E-state index in [4.69, 9.17) is 9.47 Å². The number of nitrogens with one attached hydrogen (secondary N) is 2. The molecule has 4 saturated carbocycles. The number of hydrogen-bond acceptors (Lipinski definition) is 6. The van der Waals surface area contributed by atoms with Crippen LogP contribution < -0.4 is 10.6 Å². The SMILES string of the molecule is CCCCCCCCCCCCCCCCOC(=O)CC[C@H](NC(=O)CNC(=O)CC12CC3CC(CC(C3)C1)C2)C(=O)OCCCCCCCCCCCCCCCC. The molecule has 0 aromatic carbocycles. The van der Waals surface area contributed by atoms with Gasteiger partial charge < -0.3 is 20.1 Å². The Balaban J connectivity index is 1.28. The van der Waals surface area contributed by atoms with Gasteiger partial charge in [0, 0.05) is 12.8 Å². The van der Waals surface area contributed by atoms with E-state index < -0.39 is 17.9 Å². The second-order valence-corrected chi connectivity index (χ2v) is 19.6. The fraction of sp³-hybridized carbons (Fsp3) is 0.922. The highest BCUT2D eigenvalue weighted by atomic mass is 16.5. The number of carbonyl (C=O) groups is 4. The fourth-order valence-electron chi connectivity index (χ4n) is 11.0. The predicted octanol–water partition coefficient (Wildman–Crippen LogP) is 13.0. The fourth-order valence-corrected chi connectivity index (χ4v) is 11.0. The van der Waals surface area contributed by atoms with E-state index in [0.29, 0.717) is 19.6 Å². The number of rotatable bonds is 39. The minimum absolute atomic E-state index is 0.0237. The van der Waals surface area contributed by atoms with Crippen LogP contribution in [0.15, 0.2) is 0 Å². The van der Waals surface area contributed by atoms with Gasteiger partial charge in [0.05, 0.1) is 19.8 Å². The zero-order valence-corrected chi connectivity index (χ0v) is 38.5. The van der Waals surface area contributed by atoms with Crippen LogP contribution in [0.2, 0.25) is 0 Å². The number of esters is 2. The smallest absolute Gasteiger partial charge is 0.328 e. The van der Waals surface area contributed by atoms with Crippen molar-refractivity contribution < 1.29 is 28.7 Å². The lowest BCUT2D eigenvalue weighted by atomic mass is 9.49. The molecule has 0 unspecified atom stereocenters. The van der Waals surface area contributed by atoms with Crippen molar-refractivity contribution in [1.82, 2.24) is 10.6 Å². The zero-order valence-electron chi connectivity index (χ0n) is 38.5. The molecule has 59 heavy (non-hydrogen) atoms. The maximum atomic E-state index is 13.2. The highest BCUT2D eigenvalue weighted by Gasteiger charge is 2.51. The van der Waals surface area contributed by atoms with Gasteiger partial charge in [-0.1, -0.05) is 181 Å². The highest BCUT2D eigenvalue weighted by molar-refractivity contribution is 5.88. The standard InChI is InChI=1S/C51H92N2O6/c1-3-5-7-9-11-13-15-17-19-21-23-25-27-29-33-58-49(56)32-31-46(50(57)59-34-30-28-26-24-22-20-18-16-14-12-10-8-6-4-2)53-48(55)42-52-47(54)41-51-38-43-35-44(39-51)37-45(36-43)40-51/h43-46H,3-42H2,1-2H3,(H,52,54)(H,53,55)/t43?,44?,45?,46-,51?/m0/s1. The topological polar surface area (TPSA) is 111 Å². The average Bonchev–Trinajstić information content (AvgIpc) is 3.20. The third-order valence-electron chi connectivity index (χ3n) is 13.9. The Kier molecular flexibility index (Phi) is 28.3. The molecule has 4 fully saturated rings. The molecule has 0 aromatic heterocycles. The maximum absolute atomic E-state index is 13.2. The van der Waals surface area contributed by atoms with Crippen LogP contribution in [0, 0.1) is 23.2 Å². The van der Waals surface area contributed by atoms with Crippen LogP contribution >= 0.6 is 0 Å². The molecule has 0 aromatic rings. The summed E-state index contributed by atoms with van der Waals surface area (Å²) < 4.78 is 11.1. The summed E-state index contributed by atoms with van der Waals surface area (Å²) in [6.07, 6.45) is 43.4. The molecule has 0 spiro atoms. The Hall–Kier alpha value is -2.12. The molecular formula is C51H92N2O6. The molecule has 0 aliphatic heterocycles. The summed E-state index contributed by atoms with van der Waals surface area (Å²) in [6, 6.07) is -0.956. The van der Waals surface area contributed by atoms with Crippen LogP contribution in [0.25, 0.3) is 0 Å². The van der Waals surface area contributed by atoms with Gasteiger partial charge >= 0.3 is 11.9 Å².